The lowest BCUT2D eigenvalue weighted by Crippen LogP contribution is -2.52. The van der Waals surface area contributed by atoms with Crippen LogP contribution in [-0.4, -0.2) is 73.7 Å². The molecule has 36 heavy (non-hydrogen) atoms. The predicted octanol–water partition coefficient (Wildman–Crippen LogP) is 1.38. The Balaban J connectivity index is 1.19. The summed E-state index contributed by atoms with van der Waals surface area (Å²) in [6.07, 6.45) is 5.90. The highest BCUT2D eigenvalue weighted by Crippen LogP contribution is 2.41. The highest BCUT2D eigenvalue weighted by Gasteiger charge is 2.52. The van der Waals surface area contributed by atoms with Crippen LogP contribution in [0.3, 0.4) is 0 Å². The Labute approximate surface area is 212 Å². The van der Waals surface area contributed by atoms with Crippen molar-refractivity contribution in [3.8, 4) is 6.07 Å². The van der Waals surface area contributed by atoms with Crippen molar-refractivity contribution in [1.29, 1.82) is 5.26 Å². The maximum atomic E-state index is 13.4. The molecule has 0 radical (unpaired) electrons. The van der Waals surface area contributed by atoms with Gasteiger partial charge in [0.05, 0.1) is 42.1 Å². The molecular weight excluding hydrogens is 480 g/mol. The topological polar surface area (TPSA) is 127 Å². The van der Waals surface area contributed by atoms with Gasteiger partial charge in [-0.1, -0.05) is 0 Å². The average molecular weight is 515 g/mol. The molecule has 3 saturated heterocycles. The number of hydrogen-bond acceptors (Lipinski definition) is 8. The number of nitrogens with one attached hydrogen (secondary N) is 3. The number of piperidine rings is 1. The van der Waals surface area contributed by atoms with Crippen molar-refractivity contribution in [3.63, 3.8) is 0 Å². The molecule has 1 amide bonds. The van der Waals surface area contributed by atoms with Gasteiger partial charge >= 0.3 is 0 Å². The summed E-state index contributed by atoms with van der Waals surface area (Å²) in [7, 11) is -3.61. The van der Waals surface area contributed by atoms with Gasteiger partial charge in [0.25, 0.3) is 0 Å². The molecular formula is C25H34N6O4S. The van der Waals surface area contributed by atoms with Gasteiger partial charge in [0.15, 0.2) is 0 Å². The number of amides is 1. The summed E-state index contributed by atoms with van der Waals surface area (Å²) >= 11 is 0. The Kier molecular flexibility index (Phi) is 6.42. The van der Waals surface area contributed by atoms with Crippen molar-refractivity contribution < 1.29 is 17.9 Å². The van der Waals surface area contributed by atoms with Crippen molar-refractivity contribution in [2.75, 3.05) is 25.0 Å². The van der Waals surface area contributed by atoms with E-state index in [4.69, 9.17) is 4.74 Å². The lowest BCUT2D eigenvalue weighted by atomic mass is 9.90. The van der Waals surface area contributed by atoms with Crippen molar-refractivity contribution in [1.82, 2.24) is 20.1 Å². The standard InChI is InChI=1S/C25H34N6O4S/c26-12-10-19(16-4-5-16)31-21-11-13-27-25(32)23(21)24(29-31)28-17-6-8-18(9-7-17)36(33,34)30-14-15-35-22-3-1-2-20(22)30/h6-9,16,19-24,28-29H,1-5,10-11,13-15H2,(H,27,32)/t19-,20+,21?,22?,23?,24?/m0/s1. The molecule has 1 aromatic rings. The second-order valence-electron chi connectivity index (χ2n) is 10.6. The van der Waals surface area contributed by atoms with E-state index in [0.717, 1.165) is 44.2 Å². The fourth-order valence-corrected chi connectivity index (χ4v) is 8.26. The summed E-state index contributed by atoms with van der Waals surface area (Å²) < 4.78 is 34.2. The van der Waals surface area contributed by atoms with Crippen LogP contribution >= 0.6 is 0 Å². The summed E-state index contributed by atoms with van der Waals surface area (Å²) in [4.78, 5) is 13.1. The maximum absolute atomic E-state index is 13.4. The van der Waals surface area contributed by atoms with Gasteiger partial charge in [-0.15, -0.1) is 0 Å². The van der Waals surface area contributed by atoms with E-state index in [9.17, 15) is 18.5 Å². The first-order valence-electron chi connectivity index (χ1n) is 13.2. The van der Waals surface area contributed by atoms with Gasteiger partial charge in [0, 0.05) is 30.9 Å². The normalized spacial score (nSPS) is 33.9. The maximum Gasteiger partial charge on any atom is 0.243 e. The number of fused-ring (bicyclic) bond motifs is 2. The first-order chi connectivity index (χ1) is 17.5. The van der Waals surface area contributed by atoms with E-state index < -0.39 is 10.0 Å². The summed E-state index contributed by atoms with van der Waals surface area (Å²) in [6, 6.07) is 9.20. The molecule has 194 valence electrons. The molecule has 3 N–H and O–H groups in total. The number of carbonyl (C=O) groups excluding carboxylic acids is 1. The van der Waals surface area contributed by atoms with Crippen LogP contribution in [0.2, 0.25) is 0 Å². The number of nitriles is 1. The van der Waals surface area contributed by atoms with E-state index in [1.807, 2.05) is 0 Å². The summed E-state index contributed by atoms with van der Waals surface area (Å²) in [5, 5.41) is 18.0. The van der Waals surface area contributed by atoms with Crippen LogP contribution < -0.4 is 16.1 Å². The van der Waals surface area contributed by atoms with Gasteiger partial charge in [-0.3, -0.25) is 4.79 Å². The van der Waals surface area contributed by atoms with Gasteiger partial charge in [-0.25, -0.2) is 18.9 Å². The fraction of sp³-hybridized carbons (Fsp3) is 0.680. The van der Waals surface area contributed by atoms with Gasteiger partial charge in [-0.2, -0.15) is 9.57 Å². The largest absolute Gasteiger partial charge is 0.375 e. The Morgan fingerprint density at radius 3 is 2.69 bits per heavy atom. The third kappa shape index (κ3) is 4.29. The third-order valence-corrected chi connectivity index (χ3v) is 10.4. The quantitative estimate of drug-likeness (QED) is 0.498. The first-order valence-corrected chi connectivity index (χ1v) is 14.6. The molecule has 5 fully saturated rings. The Hall–Kier alpha value is -2.23. The second-order valence-corrected chi connectivity index (χ2v) is 12.5. The van der Waals surface area contributed by atoms with Gasteiger partial charge in [0.1, 0.15) is 6.17 Å². The molecule has 3 heterocycles. The monoisotopic (exact) mass is 514 g/mol. The number of nitrogens with zero attached hydrogens (tertiary/aromatic N) is 3. The van der Waals surface area contributed by atoms with E-state index >= 15 is 0 Å². The molecule has 0 spiro atoms. The Bertz CT molecular complexity index is 1130. The number of benzene rings is 1. The van der Waals surface area contributed by atoms with Crippen molar-refractivity contribution in [2.45, 2.75) is 80.2 Å². The van der Waals surface area contributed by atoms with E-state index in [1.165, 1.54) is 0 Å². The molecule has 4 unspecified atom stereocenters. The lowest BCUT2D eigenvalue weighted by Gasteiger charge is -2.36. The smallest absolute Gasteiger partial charge is 0.243 e. The summed E-state index contributed by atoms with van der Waals surface area (Å²) in [5.74, 6) is 0.198. The number of rotatable bonds is 7. The Morgan fingerprint density at radius 1 is 1.14 bits per heavy atom. The molecule has 11 heteroatoms. The Morgan fingerprint density at radius 2 is 1.94 bits per heavy atom. The number of ether oxygens (including phenoxy) is 1. The van der Waals surface area contributed by atoms with Crippen molar-refractivity contribution in [2.24, 2.45) is 11.8 Å². The van der Waals surface area contributed by atoms with Crippen LogP contribution in [0.4, 0.5) is 5.69 Å². The number of anilines is 1. The average Bonchev–Trinajstić information content (AvgIpc) is 3.49. The number of sulfonamides is 1. The van der Waals surface area contributed by atoms with Gasteiger partial charge in [0.2, 0.25) is 15.9 Å². The highest BCUT2D eigenvalue weighted by atomic mass is 32.2. The third-order valence-electron chi connectivity index (χ3n) is 8.50. The predicted molar refractivity (Wildman–Crippen MR) is 132 cm³/mol. The van der Waals surface area contributed by atoms with Crippen LogP contribution in [0.25, 0.3) is 0 Å². The zero-order valence-electron chi connectivity index (χ0n) is 20.3. The van der Waals surface area contributed by atoms with E-state index in [1.54, 1.807) is 28.6 Å². The van der Waals surface area contributed by atoms with Crippen LogP contribution in [0.5, 0.6) is 0 Å². The highest BCUT2D eigenvalue weighted by molar-refractivity contribution is 7.89. The molecule has 0 bridgehead atoms. The minimum atomic E-state index is -3.61. The molecule has 2 aliphatic carbocycles. The number of morpholine rings is 1. The molecule has 10 nitrogen and oxygen atoms in total. The summed E-state index contributed by atoms with van der Waals surface area (Å²) in [6.45, 7) is 1.45. The van der Waals surface area contributed by atoms with Crippen molar-refractivity contribution in [3.05, 3.63) is 24.3 Å². The molecule has 6 rings (SSSR count). The lowest BCUT2D eigenvalue weighted by molar-refractivity contribution is -0.128. The van der Waals surface area contributed by atoms with Crippen molar-refractivity contribution >= 4 is 21.6 Å². The van der Waals surface area contributed by atoms with Crippen LogP contribution in [-0.2, 0) is 19.6 Å². The number of hydrogen-bond donors (Lipinski definition) is 3. The van der Waals surface area contributed by atoms with Crippen LogP contribution in [0.1, 0.15) is 44.9 Å². The van der Waals surface area contributed by atoms with Gasteiger partial charge in [-0.05, 0) is 68.7 Å². The minimum Gasteiger partial charge on any atom is -0.375 e. The molecule has 2 saturated carbocycles. The van der Waals surface area contributed by atoms with E-state index in [2.05, 4.69) is 27.1 Å². The van der Waals surface area contributed by atoms with Crippen LogP contribution in [0, 0.1) is 23.2 Å². The molecule has 5 aliphatic rings. The molecule has 0 aromatic heterocycles. The van der Waals surface area contributed by atoms with Gasteiger partial charge < -0.3 is 15.4 Å². The van der Waals surface area contributed by atoms with Crippen LogP contribution in [0.15, 0.2) is 29.2 Å². The second kappa shape index (κ2) is 9.58. The molecule has 3 aliphatic heterocycles. The molecule has 1 aromatic carbocycles. The minimum absolute atomic E-state index is 0.000866. The van der Waals surface area contributed by atoms with E-state index in [-0.39, 0.29) is 47.1 Å². The fourth-order valence-electron chi connectivity index (χ4n) is 6.59. The zero-order valence-corrected chi connectivity index (χ0v) is 21.1. The van der Waals surface area contributed by atoms with E-state index in [0.29, 0.717) is 32.0 Å². The zero-order chi connectivity index (χ0) is 24.9. The first kappa shape index (κ1) is 24.1. The number of carbonyl (C=O) groups is 1. The number of hydrazine groups is 1. The summed E-state index contributed by atoms with van der Waals surface area (Å²) in [5.41, 5.74) is 4.25. The SMILES string of the molecule is N#CC[C@@H](C1CC1)N1NC(Nc2ccc(S(=O)(=O)N3CCOC4CCC[C@H]43)cc2)C2C(=O)NCCC21. The molecule has 6 atom stereocenters.